The van der Waals surface area contributed by atoms with Crippen molar-refractivity contribution in [2.45, 2.75) is 32.2 Å². The summed E-state index contributed by atoms with van der Waals surface area (Å²) in [6.45, 7) is 4.15. The van der Waals surface area contributed by atoms with Gasteiger partial charge in [0.05, 0.1) is 0 Å². The van der Waals surface area contributed by atoms with Gasteiger partial charge in [0.25, 0.3) is 0 Å². The van der Waals surface area contributed by atoms with E-state index in [2.05, 4.69) is 29.0 Å². The third-order valence-corrected chi connectivity index (χ3v) is 2.71. The largest absolute Gasteiger partial charge is 0.324 e. The van der Waals surface area contributed by atoms with Gasteiger partial charge in [-0.25, -0.2) is 4.98 Å². The Morgan fingerprint density at radius 2 is 1.94 bits per heavy atom. The summed E-state index contributed by atoms with van der Waals surface area (Å²) in [5, 5.41) is 7.12. The molecule has 1 aromatic heterocycles. The number of benzene rings is 1. The molecule has 4 heteroatoms. The van der Waals surface area contributed by atoms with Crippen LogP contribution in [0, 0.1) is 0 Å². The van der Waals surface area contributed by atoms with Crippen molar-refractivity contribution in [3.63, 3.8) is 0 Å². The van der Waals surface area contributed by atoms with Crippen molar-refractivity contribution in [2.24, 2.45) is 5.73 Å². The van der Waals surface area contributed by atoms with E-state index in [9.17, 15) is 0 Å². The fourth-order valence-electron chi connectivity index (χ4n) is 1.69. The summed E-state index contributed by atoms with van der Waals surface area (Å²) >= 11 is 0. The van der Waals surface area contributed by atoms with Gasteiger partial charge in [-0.1, -0.05) is 44.2 Å². The highest BCUT2D eigenvalue weighted by atomic mass is 15.2. The van der Waals surface area contributed by atoms with E-state index in [1.165, 1.54) is 0 Å². The first-order chi connectivity index (χ1) is 8.16. The molecule has 1 aromatic carbocycles. The van der Waals surface area contributed by atoms with Crippen LogP contribution in [0.15, 0.2) is 30.3 Å². The summed E-state index contributed by atoms with van der Waals surface area (Å²) in [5.74, 6) is 2.04. The number of rotatable bonds is 4. The lowest BCUT2D eigenvalue weighted by molar-refractivity contribution is 0.689. The molecule has 4 nitrogen and oxygen atoms in total. The summed E-state index contributed by atoms with van der Waals surface area (Å²) < 4.78 is 0. The third kappa shape index (κ3) is 2.91. The fraction of sp³-hybridized carbons (Fsp3) is 0.385. The van der Waals surface area contributed by atoms with E-state index in [4.69, 9.17) is 5.73 Å². The van der Waals surface area contributed by atoms with E-state index in [0.717, 1.165) is 17.2 Å². The number of hydrogen-bond acceptors (Lipinski definition) is 3. The molecule has 3 N–H and O–H groups in total. The van der Waals surface area contributed by atoms with E-state index >= 15 is 0 Å². The molecule has 0 radical (unpaired) electrons. The first-order valence-corrected chi connectivity index (χ1v) is 5.88. The summed E-state index contributed by atoms with van der Waals surface area (Å²) in [4.78, 5) is 4.43. The minimum Gasteiger partial charge on any atom is -0.324 e. The van der Waals surface area contributed by atoms with Crippen LogP contribution in [0.5, 0.6) is 0 Å². The Morgan fingerprint density at radius 3 is 2.53 bits per heavy atom. The summed E-state index contributed by atoms with van der Waals surface area (Å²) in [5.41, 5.74) is 7.24. The van der Waals surface area contributed by atoms with Crippen molar-refractivity contribution in [2.75, 3.05) is 0 Å². The second-order valence-electron chi connectivity index (χ2n) is 4.52. The molecule has 1 atom stereocenters. The van der Waals surface area contributed by atoms with E-state index in [-0.39, 0.29) is 6.04 Å². The predicted octanol–water partition coefficient (Wildman–Crippen LogP) is 2.17. The van der Waals surface area contributed by atoms with Crippen molar-refractivity contribution in [1.82, 2.24) is 15.2 Å². The second-order valence-corrected chi connectivity index (χ2v) is 4.52. The van der Waals surface area contributed by atoms with Gasteiger partial charge in [-0.05, 0) is 5.56 Å². The van der Waals surface area contributed by atoms with Gasteiger partial charge in [0.1, 0.15) is 5.82 Å². The lowest BCUT2D eigenvalue weighted by Crippen LogP contribution is -2.14. The molecule has 0 amide bonds. The Hall–Kier alpha value is -1.68. The van der Waals surface area contributed by atoms with Gasteiger partial charge in [0.15, 0.2) is 5.82 Å². The minimum absolute atomic E-state index is 0.0378. The average Bonchev–Trinajstić information content (AvgIpc) is 2.79. The van der Waals surface area contributed by atoms with E-state index in [0.29, 0.717) is 12.3 Å². The molecule has 0 fully saturated rings. The molecule has 1 unspecified atom stereocenters. The third-order valence-electron chi connectivity index (χ3n) is 2.71. The van der Waals surface area contributed by atoms with Gasteiger partial charge in [0.2, 0.25) is 0 Å². The number of aromatic amines is 1. The Kier molecular flexibility index (Phi) is 3.54. The van der Waals surface area contributed by atoms with Crippen LogP contribution in [0.3, 0.4) is 0 Å². The highest BCUT2D eigenvalue weighted by Crippen LogP contribution is 2.15. The van der Waals surface area contributed by atoms with Crippen molar-refractivity contribution < 1.29 is 0 Å². The van der Waals surface area contributed by atoms with Crippen LogP contribution in [0.4, 0.5) is 0 Å². The maximum absolute atomic E-state index is 6.12. The van der Waals surface area contributed by atoms with Crippen molar-refractivity contribution in [3.8, 4) is 0 Å². The average molecular weight is 230 g/mol. The van der Waals surface area contributed by atoms with Crippen LogP contribution >= 0.6 is 0 Å². The molecule has 0 saturated heterocycles. The van der Waals surface area contributed by atoms with Crippen LogP contribution in [0.1, 0.15) is 43.0 Å². The standard InChI is InChI=1S/C13H18N4/c1-9(2)13-15-12(16-17-13)8-11(14)10-6-4-3-5-7-10/h3-7,9,11H,8,14H2,1-2H3,(H,15,16,17). The fourth-order valence-corrected chi connectivity index (χ4v) is 1.69. The predicted molar refractivity (Wildman–Crippen MR) is 67.5 cm³/mol. The van der Waals surface area contributed by atoms with Crippen molar-refractivity contribution in [1.29, 1.82) is 0 Å². The molecule has 90 valence electrons. The molecule has 2 aromatic rings. The molecule has 2 rings (SSSR count). The van der Waals surface area contributed by atoms with E-state index < -0.39 is 0 Å². The number of nitrogens with zero attached hydrogens (tertiary/aromatic N) is 2. The number of nitrogens with two attached hydrogens (primary N) is 1. The molecule has 0 aliphatic rings. The summed E-state index contributed by atoms with van der Waals surface area (Å²) in [6.07, 6.45) is 0.684. The Morgan fingerprint density at radius 1 is 1.24 bits per heavy atom. The zero-order chi connectivity index (χ0) is 12.3. The number of hydrogen-bond donors (Lipinski definition) is 2. The topological polar surface area (TPSA) is 67.6 Å². The van der Waals surface area contributed by atoms with Crippen LogP contribution in [-0.2, 0) is 6.42 Å². The zero-order valence-electron chi connectivity index (χ0n) is 10.2. The van der Waals surface area contributed by atoms with Gasteiger partial charge in [-0.2, -0.15) is 5.10 Å². The highest BCUT2D eigenvalue weighted by Gasteiger charge is 2.11. The monoisotopic (exact) mass is 230 g/mol. The molecular weight excluding hydrogens is 212 g/mol. The lowest BCUT2D eigenvalue weighted by atomic mass is 10.0. The second kappa shape index (κ2) is 5.10. The van der Waals surface area contributed by atoms with E-state index in [1.54, 1.807) is 0 Å². The van der Waals surface area contributed by atoms with Crippen LogP contribution in [0.2, 0.25) is 0 Å². The molecule has 0 aliphatic heterocycles. The molecule has 17 heavy (non-hydrogen) atoms. The summed E-state index contributed by atoms with van der Waals surface area (Å²) in [6, 6.07) is 10.0. The Balaban J connectivity index is 2.05. The number of nitrogens with one attached hydrogen (secondary N) is 1. The molecule has 0 spiro atoms. The van der Waals surface area contributed by atoms with Gasteiger partial charge >= 0.3 is 0 Å². The van der Waals surface area contributed by atoms with Crippen molar-refractivity contribution >= 4 is 0 Å². The van der Waals surface area contributed by atoms with Crippen LogP contribution in [0.25, 0.3) is 0 Å². The number of H-pyrrole nitrogens is 1. The smallest absolute Gasteiger partial charge is 0.153 e. The van der Waals surface area contributed by atoms with Gasteiger partial charge in [0, 0.05) is 18.4 Å². The lowest BCUT2D eigenvalue weighted by Gasteiger charge is -2.09. The zero-order valence-corrected chi connectivity index (χ0v) is 10.2. The van der Waals surface area contributed by atoms with Gasteiger partial charge < -0.3 is 5.73 Å². The number of aromatic nitrogens is 3. The Bertz CT molecular complexity index is 461. The Labute approximate surface area is 101 Å². The molecule has 0 saturated carbocycles. The molecular formula is C13H18N4. The first-order valence-electron chi connectivity index (χ1n) is 5.88. The first kappa shape index (κ1) is 11.8. The van der Waals surface area contributed by atoms with Gasteiger partial charge in [-0.15, -0.1) is 0 Å². The SMILES string of the molecule is CC(C)c1n[nH]c(CC(N)c2ccccc2)n1. The maximum atomic E-state index is 6.12. The van der Waals surface area contributed by atoms with Crippen molar-refractivity contribution in [3.05, 3.63) is 47.5 Å². The highest BCUT2D eigenvalue weighted by molar-refractivity contribution is 5.19. The maximum Gasteiger partial charge on any atom is 0.153 e. The summed E-state index contributed by atoms with van der Waals surface area (Å²) in [7, 11) is 0. The van der Waals surface area contributed by atoms with Crippen LogP contribution in [-0.4, -0.2) is 15.2 Å². The molecule has 0 bridgehead atoms. The van der Waals surface area contributed by atoms with Crippen LogP contribution < -0.4 is 5.73 Å². The van der Waals surface area contributed by atoms with E-state index in [1.807, 2.05) is 30.3 Å². The normalized spacial score (nSPS) is 12.9. The minimum atomic E-state index is -0.0378. The molecule has 0 aliphatic carbocycles. The quantitative estimate of drug-likeness (QED) is 0.845. The molecule has 1 heterocycles. The van der Waals surface area contributed by atoms with Gasteiger partial charge in [-0.3, -0.25) is 5.10 Å².